The summed E-state index contributed by atoms with van der Waals surface area (Å²) in [5.41, 5.74) is 0.468. The molecule has 0 heterocycles. The lowest BCUT2D eigenvalue weighted by atomic mass is 10.0. The predicted molar refractivity (Wildman–Crippen MR) is 54.0 cm³/mol. The number of carbonyl (C=O) groups is 1. The van der Waals surface area contributed by atoms with Gasteiger partial charge in [-0.25, -0.2) is 4.79 Å². The molecule has 0 unspecified atom stereocenters. The smallest absolute Gasteiger partial charge is 0.407 e. The van der Waals surface area contributed by atoms with E-state index < -0.39 is 0 Å². The molecule has 2 saturated carbocycles. The molecule has 0 bridgehead atoms. The van der Waals surface area contributed by atoms with Crippen molar-refractivity contribution in [3.8, 4) is 0 Å². The molecule has 2 aliphatic carbocycles. The Morgan fingerprint density at radius 1 is 1.50 bits per heavy atom. The normalized spacial score (nSPS) is 23.4. The van der Waals surface area contributed by atoms with E-state index >= 15 is 0 Å². The highest BCUT2D eigenvalue weighted by atomic mass is 16.6. The molecule has 2 rings (SSSR count). The van der Waals surface area contributed by atoms with Gasteiger partial charge in [-0.1, -0.05) is 0 Å². The Morgan fingerprint density at radius 2 is 2.14 bits per heavy atom. The van der Waals surface area contributed by atoms with Gasteiger partial charge in [-0.15, -0.1) is 0 Å². The number of ether oxygens (including phenoxy) is 1. The van der Waals surface area contributed by atoms with Gasteiger partial charge in [0, 0.05) is 6.54 Å². The molecule has 0 atom stereocenters. The summed E-state index contributed by atoms with van der Waals surface area (Å²) in [5.74, 6) is 0.891. The van der Waals surface area contributed by atoms with Crippen molar-refractivity contribution in [3.05, 3.63) is 0 Å². The second kappa shape index (κ2) is 3.44. The van der Waals surface area contributed by atoms with Crippen LogP contribution in [0.3, 0.4) is 0 Å². The minimum Gasteiger partial charge on any atom is -0.447 e. The lowest BCUT2D eigenvalue weighted by Gasteiger charge is -2.15. The van der Waals surface area contributed by atoms with Crippen molar-refractivity contribution in [1.82, 2.24) is 5.32 Å². The van der Waals surface area contributed by atoms with Gasteiger partial charge in [-0.2, -0.15) is 0 Å². The van der Waals surface area contributed by atoms with E-state index in [1.807, 2.05) is 13.8 Å². The number of hydrogen-bond acceptors (Lipinski definition) is 2. The molecule has 1 amide bonds. The molecule has 0 spiro atoms. The molecule has 0 aromatic carbocycles. The van der Waals surface area contributed by atoms with Gasteiger partial charge in [0.1, 0.15) is 0 Å². The van der Waals surface area contributed by atoms with Gasteiger partial charge < -0.3 is 10.1 Å². The quantitative estimate of drug-likeness (QED) is 0.751. The van der Waals surface area contributed by atoms with E-state index in [1.54, 1.807) is 0 Å². The molecule has 80 valence electrons. The van der Waals surface area contributed by atoms with E-state index in [4.69, 9.17) is 4.74 Å². The molecular weight excluding hydrogens is 178 g/mol. The Morgan fingerprint density at radius 3 is 2.57 bits per heavy atom. The van der Waals surface area contributed by atoms with Crippen LogP contribution >= 0.6 is 0 Å². The highest BCUT2D eigenvalue weighted by molar-refractivity contribution is 5.67. The Balaban J connectivity index is 1.69. The maximum Gasteiger partial charge on any atom is 0.407 e. The van der Waals surface area contributed by atoms with Crippen LogP contribution in [0.4, 0.5) is 4.79 Å². The van der Waals surface area contributed by atoms with E-state index in [1.165, 1.54) is 25.7 Å². The van der Waals surface area contributed by atoms with E-state index in [-0.39, 0.29) is 12.2 Å². The first-order valence-electron chi connectivity index (χ1n) is 5.57. The Labute approximate surface area is 85.2 Å². The standard InChI is InChI=1S/C11H19NO2/c1-8(2)14-10(13)12-7-11(5-6-11)9-3-4-9/h8-9H,3-7H2,1-2H3,(H,12,13). The van der Waals surface area contributed by atoms with Gasteiger partial charge in [-0.05, 0) is 50.9 Å². The molecular formula is C11H19NO2. The number of alkyl carbamates (subject to hydrolysis) is 1. The highest BCUT2D eigenvalue weighted by Gasteiger charge is 2.53. The van der Waals surface area contributed by atoms with Crippen molar-refractivity contribution >= 4 is 6.09 Å². The third-order valence-corrected chi connectivity index (χ3v) is 3.26. The van der Waals surface area contributed by atoms with Crippen LogP contribution in [0, 0.1) is 11.3 Å². The van der Waals surface area contributed by atoms with E-state index in [9.17, 15) is 4.79 Å². The van der Waals surface area contributed by atoms with Crippen LogP contribution in [-0.2, 0) is 4.74 Å². The van der Waals surface area contributed by atoms with Gasteiger partial charge in [0.15, 0.2) is 0 Å². The number of nitrogens with one attached hydrogen (secondary N) is 1. The van der Waals surface area contributed by atoms with Crippen LogP contribution in [0.1, 0.15) is 39.5 Å². The van der Waals surface area contributed by atoms with Crippen molar-refractivity contribution in [1.29, 1.82) is 0 Å². The molecule has 2 fully saturated rings. The van der Waals surface area contributed by atoms with E-state index in [0.717, 1.165) is 12.5 Å². The number of hydrogen-bond donors (Lipinski definition) is 1. The molecule has 0 saturated heterocycles. The predicted octanol–water partition coefficient (Wildman–Crippen LogP) is 2.31. The molecule has 0 aromatic rings. The minimum absolute atomic E-state index is 0.0221. The highest BCUT2D eigenvalue weighted by Crippen LogP contribution is 2.60. The van der Waals surface area contributed by atoms with E-state index in [2.05, 4.69) is 5.32 Å². The van der Waals surface area contributed by atoms with Crippen molar-refractivity contribution in [3.63, 3.8) is 0 Å². The third-order valence-electron chi connectivity index (χ3n) is 3.26. The van der Waals surface area contributed by atoms with Crippen LogP contribution in [0.5, 0.6) is 0 Å². The number of rotatable bonds is 4. The average Bonchev–Trinajstić information content (AvgIpc) is 2.94. The number of amides is 1. The summed E-state index contributed by atoms with van der Waals surface area (Å²) in [4.78, 5) is 11.2. The maximum atomic E-state index is 11.2. The van der Waals surface area contributed by atoms with Crippen LogP contribution in [0.15, 0.2) is 0 Å². The fourth-order valence-corrected chi connectivity index (χ4v) is 2.09. The SMILES string of the molecule is CC(C)OC(=O)NCC1(C2CC2)CC1. The van der Waals surface area contributed by atoms with Crippen LogP contribution < -0.4 is 5.32 Å². The lowest BCUT2D eigenvalue weighted by Crippen LogP contribution is -2.33. The summed E-state index contributed by atoms with van der Waals surface area (Å²) in [6.45, 7) is 4.56. The van der Waals surface area contributed by atoms with E-state index in [0.29, 0.717) is 5.41 Å². The molecule has 14 heavy (non-hydrogen) atoms. The Kier molecular flexibility index (Phi) is 2.41. The second-order valence-corrected chi connectivity index (χ2v) is 4.94. The third kappa shape index (κ3) is 2.20. The first kappa shape index (κ1) is 9.81. The summed E-state index contributed by atoms with van der Waals surface area (Å²) in [7, 11) is 0. The van der Waals surface area contributed by atoms with Gasteiger partial charge in [0.05, 0.1) is 6.10 Å². The molecule has 3 nitrogen and oxygen atoms in total. The first-order valence-corrected chi connectivity index (χ1v) is 5.57. The van der Waals surface area contributed by atoms with Crippen molar-refractivity contribution in [2.75, 3.05) is 6.54 Å². The molecule has 3 heteroatoms. The first-order chi connectivity index (χ1) is 6.62. The van der Waals surface area contributed by atoms with Gasteiger partial charge in [0.2, 0.25) is 0 Å². The van der Waals surface area contributed by atoms with Crippen LogP contribution in [-0.4, -0.2) is 18.7 Å². The molecule has 1 N–H and O–H groups in total. The van der Waals surface area contributed by atoms with Crippen molar-refractivity contribution in [2.24, 2.45) is 11.3 Å². The maximum absolute atomic E-state index is 11.2. The monoisotopic (exact) mass is 197 g/mol. The Bertz CT molecular complexity index is 229. The van der Waals surface area contributed by atoms with Crippen LogP contribution in [0.25, 0.3) is 0 Å². The largest absolute Gasteiger partial charge is 0.447 e. The summed E-state index contributed by atoms with van der Waals surface area (Å²) in [5, 5.41) is 2.88. The zero-order valence-corrected chi connectivity index (χ0v) is 9.01. The second-order valence-electron chi connectivity index (χ2n) is 4.94. The zero-order valence-electron chi connectivity index (χ0n) is 9.01. The summed E-state index contributed by atoms with van der Waals surface area (Å²) in [6, 6.07) is 0. The van der Waals surface area contributed by atoms with Gasteiger partial charge >= 0.3 is 6.09 Å². The number of carbonyl (C=O) groups excluding carboxylic acids is 1. The lowest BCUT2D eigenvalue weighted by molar-refractivity contribution is 0.113. The fraction of sp³-hybridized carbons (Fsp3) is 0.909. The topological polar surface area (TPSA) is 38.3 Å². The molecule has 0 radical (unpaired) electrons. The minimum atomic E-state index is -0.257. The van der Waals surface area contributed by atoms with Gasteiger partial charge in [-0.3, -0.25) is 0 Å². The average molecular weight is 197 g/mol. The molecule has 0 aromatic heterocycles. The summed E-state index contributed by atoms with van der Waals surface area (Å²) < 4.78 is 5.02. The van der Waals surface area contributed by atoms with Crippen LogP contribution in [0.2, 0.25) is 0 Å². The van der Waals surface area contributed by atoms with Crippen molar-refractivity contribution < 1.29 is 9.53 Å². The summed E-state index contributed by atoms with van der Waals surface area (Å²) in [6.07, 6.45) is 5.03. The fourth-order valence-electron chi connectivity index (χ4n) is 2.09. The molecule has 0 aliphatic heterocycles. The van der Waals surface area contributed by atoms with Crippen molar-refractivity contribution in [2.45, 2.75) is 45.6 Å². The zero-order chi connectivity index (χ0) is 10.2. The molecule has 2 aliphatic rings. The van der Waals surface area contributed by atoms with Gasteiger partial charge in [0.25, 0.3) is 0 Å². The Hall–Kier alpha value is -0.730. The summed E-state index contributed by atoms with van der Waals surface area (Å²) >= 11 is 0.